The van der Waals surface area contributed by atoms with Gasteiger partial charge in [0.05, 0.1) is 24.0 Å². The van der Waals surface area contributed by atoms with Crippen molar-refractivity contribution < 1.29 is 9.53 Å². The zero-order valence-electron chi connectivity index (χ0n) is 13.5. The Morgan fingerprint density at radius 2 is 1.83 bits per heavy atom. The van der Waals surface area contributed by atoms with E-state index in [-0.39, 0.29) is 5.91 Å². The van der Waals surface area contributed by atoms with Gasteiger partial charge in [-0.1, -0.05) is 12.1 Å². The van der Waals surface area contributed by atoms with E-state index in [1.54, 1.807) is 24.9 Å². The lowest BCUT2D eigenvalue weighted by Gasteiger charge is -2.14. The van der Waals surface area contributed by atoms with Crippen molar-refractivity contribution in [2.75, 3.05) is 18.7 Å². The number of rotatable bonds is 5. The molecule has 122 valence electrons. The maximum absolute atomic E-state index is 12.7. The number of carbonyl (C=O) groups is 1. The Morgan fingerprint density at radius 3 is 2.54 bits per heavy atom. The van der Waals surface area contributed by atoms with Gasteiger partial charge in [-0.15, -0.1) is 11.8 Å². The molecule has 0 bridgehead atoms. The zero-order chi connectivity index (χ0) is 16.9. The number of para-hydroxylation sites is 2. The van der Waals surface area contributed by atoms with Crippen LogP contribution in [0.5, 0.6) is 5.75 Å². The van der Waals surface area contributed by atoms with E-state index in [4.69, 9.17) is 4.74 Å². The van der Waals surface area contributed by atoms with Crippen LogP contribution in [0.3, 0.4) is 0 Å². The normalized spacial score (nSPS) is 10.4. The topological polar surface area (TPSA) is 43.3 Å². The van der Waals surface area contributed by atoms with E-state index in [0.717, 1.165) is 16.3 Å². The second-order valence-corrected chi connectivity index (χ2v) is 6.01. The predicted octanol–water partition coefficient (Wildman–Crippen LogP) is 4.46. The quantitative estimate of drug-likeness (QED) is 0.699. The van der Waals surface area contributed by atoms with Crippen LogP contribution in [0.15, 0.2) is 71.9 Å². The second kappa shape index (κ2) is 7.27. The smallest absolute Gasteiger partial charge is 0.259 e. The van der Waals surface area contributed by atoms with Crippen LogP contribution in [0, 0.1) is 0 Å². The zero-order valence-corrected chi connectivity index (χ0v) is 14.3. The van der Waals surface area contributed by atoms with E-state index < -0.39 is 0 Å². The standard InChI is InChI=1S/C19H18N2O2S/c1-23-18-13-14(24-2)9-10-15(18)19(22)20-16-7-3-4-8-17(16)21-11-5-6-12-21/h3-13H,1-2H3,(H,20,22). The number of nitrogens with zero attached hydrogens (tertiary/aromatic N) is 1. The van der Waals surface area contributed by atoms with Crippen LogP contribution in [0.4, 0.5) is 5.69 Å². The summed E-state index contributed by atoms with van der Waals surface area (Å²) in [5.74, 6) is 0.372. The summed E-state index contributed by atoms with van der Waals surface area (Å²) in [5, 5.41) is 2.98. The molecule has 0 radical (unpaired) electrons. The number of nitrogens with one attached hydrogen (secondary N) is 1. The van der Waals surface area contributed by atoms with Gasteiger partial charge in [0.2, 0.25) is 0 Å². The maximum Gasteiger partial charge on any atom is 0.259 e. The van der Waals surface area contributed by atoms with Gasteiger partial charge >= 0.3 is 0 Å². The number of ether oxygens (including phenoxy) is 1. The Labute approximate surface area is 145 Å². The van der Waals surface area contributed by atoms with Crippen molar-refractivity contribution in [2.45, 2.75) is 4.90 Å². The Balaban J connectivity index is 1.91. The number of thioether (sulfide) groups is 1. The number of carbonyl (C=O) groups excluding carboxylic acids is 1. The van der Waals surface area contributed by atoms with E-state index >= 15 is 0 Å². The Bertz CT molecular complexity index is 844. The monoisotopic (exact) mass is 338 g/mol. The third-order valence-electron chi connectivity index (χ3n) is 3.69. The molecular formula is C19H18N2O2S. The van der Waals surface area contributed by atoms with E-state index in [1.165, 1.54) is 0 Å². The number of methoxy groups -OCH3 is 1. The molecule has 1 N–H and O–H groups in total. The molecule has 0 aliphatic heterocycles. The molecule has 0 atom stereocenters. The highest BCUT2D eigenvalue weighted by molar-refractivity contribution is 7.98. The molecule has 0 aliphatic rings. The molecule has 0 saturated heterocycles. The van der Waals surface area contributed by atoms with Gasteiger partial charge in [-0.05, 0) is 48.7 Å². The fourth-order valence-corrected chi connectivity index (χ4v) is 2.90. The highest BCUT2D eigenvalue weighted by Crippen LogP contribution is 2.27. The second-order valence-electron chi connectivity index (χ2n) is 5.13. The van der Waals surface area contributed by atoms with Crippen LogP contribution in [-0.4, -0.2) is 23.8 Å². The summed E-state index contributed by atoms with van der Waals surface area (Å²) in [6.45, 7) is 0. The number of amides is 1. The van der Waals surface area contributed by atoms with Crippen molar-refractivity contribution in [3.8, 4) is 11.4 Å². The van der Waals surface area contributed by atoms with E-state index in [1.807, 2.05) is 71.7 Å². The van der Waals surface area contributed by atoms with Crippen LogP contribution in [0.2, 0.25) is 0 Å². The summed E-state index contributed by atoms with van der Waals surface area (Å²) < 4.78 is 7.33. The van der Waals surface area contributed by atoms with Gasteiger partial charge in [-0.3, -0.25) is 4.79 Å². The van der Waals surface area contributed by atoms with E-state index in [0.29, 0.717) is 11.3 Å². The maximum atomic E-state index is 12.7. The first-order valence-electron chi connectivity index (χ1n) is 7.48. The fourth-order valence-electron chi connectivity index (χ4n) is 2.48. The molecule has 1 amide bonds. The van der Waals surface area contributed by atoms with Gasteiger partial charge in [0.25, 0.3) is 5.91 Å². The van der Waals surface area contributed by atoms with Crippen LogP contribution in [-0.2, 0) is 0 Å². The average Bonchev–Trinajstić information content (AvgIpc) is 3.16. The molecule has 3 rings (SSSR count). The molecule has 0 unspecified atom stereocenters. The van der Waals surface area contributed by atoms with Gasteiger partial charge in [-0.25, -0.2) is 0 Å². The average molecular weight is 338 g/mol. The van der Waals surface area contributed by atoms with Gasteiger partial charge in [0.1, 0.15) is 5.75 Å². The number of aromatic nitrogens is 1. The molecule has 0 saturated carbocycles. The Morgan fingerprint density at radius 1 is 1.08 bits per heavy atom. The summed E-state index contributed by atoms with van der Waals surface area (Å²) in [4.78, 5) is 13.8. The molecular weight excluding hydrogens is 320 g/mol. The summed E-state index contributed by atoms with van der Waals surface area (Å²) >= 11 is 1.61. The molecule has 2 aromatic carbocycles. The van der Waals surface area contributed by atoms with Crippen molar-refractivity contribution in [1.29, 1.82) is 0 Å². The molecule has 1 heterocycles. The van der Waals surface area contributed by atoms with Crippen LogP contribution in [0.25, 0.3) is 5.69 Å². The van der Waals surface area contributed by atoms with E-state index in [2.05, 4.69) is 5.32 Å². The highest BCUT2D eigenvalue weighted by atomic mass is 32.2. The molecule has 24 heavy (non-hydrogen) atoms. The van der Waals surface area contributed by atoms with E-state index in [9.17, 15) is 4.79 Å². The van der Waals surface area contributed by atoms with Gasteiger partial charge in [0.15, 0.2) is 0 Å². The molecule has 4 nitrogen and oxygen atoms in total. The SMILES string of the molecule is COc1cc(SC)ccc1C(=O)Nc1ccccc1-n1cccc1. The molecule has 0 fully saturated rings. The van der Waals surface area contributed by atoms with Crippen molar-refractivity contribution in [3.63, 3.8) is 0 Å². The Kier molecular flexibility index (Phi) is 4.91. The third-order valence-corrected chi connectivity index (χ3v) is 4.41. The van der Waals surface area contributed by atoms with Crippen molar-refractivity contribution in [1.82, 2.24) is 4.57 Å². The minimum atomic E-state index is -0.195. The largest absolute Gasteiger partial charge is 0.496 e. The van der Waals surface area contributed by atoms with Gasteiger partial charge < -0.3 is 14.6 Å². The lowest BCUT2D eigenvalue weighted by atomic mass is 10.1. The third kappa shape index (κ3) is 3.31. The summed E-state index contributed by atoms with van der Waals surface area (Å²) in [6, 6.07) is 17.2. The molecule has 5 heteroatoms. The highest BCUT2D eigenvalue weighted by Gasteiger charge is 2.15. The van der Waals surface area contributed by atoms with Crippen LogP contribution >= 0.6 is 11.8 Å². The number of anilines is 1. The number of hydrogen-bond acceptors (Lipinski definition) is 3. The van der Waals surface area contributed by atoms with Crippen molar-refractivity contribution >= 4 is 23.4 Å². The van der Waals surface area contributed by atoms with Gasteiger partial charge in [0, 0.05) is 17.3 Å². The van der Waals surface area contributed by atoms with Crippen molar-refractivity contribution in [2.24, 2.45) is 0 Å². The minimum Gasteiger partial charge on any atom is -0.496 e. The first-order valence-corrected chi connectivity index (χ1v) is 8.71. The number of benzene rings is 2. The molecule has 0 aliphatic carbocycles. The lowest BCUT2D eigenvalue weighted by Crippen LogP contribution is -2.14. The summed E-state index contributed by atoms with van der Waals surface area (Å²) in [6.07, 6.45) is 5.87. The first-order chi connectivity index (χ1) is 11.7. The molecule has 0 spiro atoms. The predicted molar refractivity (Wildman–Crippen MR) is 98.5 cm³/mol. The minimum absolute atomic E-state index is 0.195. The molecule has 1 aromatic heterocycles. The molecule has 3 aromatic rings. The van der Waals surface area contributed by atoms with Crippen LogP contribution < -0.4 is 10.1 Å². The lowest BCUT2D eigenvalue weighted by molar-refractivity contribution is 0.102. The fraction of sp³-hybridized carbons (Fsp3) is 0.105. The van der Waals surface area contributed by atoms with Gasteiger partial charge in [-0.2, -0.15) is 0 Å². The first kappa shape index (κ1) is 16.2. The van der Waals surface area contributed by atoms with Crippen LogP contribution in [0.1, 0.15) is 10.4 Å². The number of hydrogen-bond donors (Lipinski definition) is 1. The Hall–Kier alpha value is -2.66. The summed E-state index contributed by atoms with van der Waals surface area (Å²) in [5.41, 5.74) is 2.17. The van der Waals surface area contributed by atoms with Crippen molar-refractivity contribution in [3.05, 3.63) is 72.6 Å². The summed E-state index contributed by atoms with van der Waals surface area (Å²) in [7, 11) is 1.57.